The Bertz CT molecular complexity index is 1110. The van der Waals surface area contributed by atoms with Crippen LogP contribution in [0.1, 0.15) is 37.8 Å². The molecule has 2 aromatic heterocycles. The summed E-state index contributed by atoms with van der Waals surface area (Å²) in [6, 6.07) is 10.7. The topological polar surface area (TPSA) is 107 Å². The second-order valence-electron chi connectivity index (χ2n) is 8.45. The molecule has 2 heterocycles. The van der Waals surface area contributed by atoms with Crippen molar-refractivity contribution >= 4 is 23.1 Å². The zero-order valence-electron chi connectivity index (χ0n) is 17.9. The van der Waals surface area contributed by atoms with Gasteiger partial charge in [-0.3, -0.25) is 0 Å². The molecular formula is C23H28N6OS. The maximum atomic E-state index is 9.96. The number of nitrogens with one attached hydrogen (secondary N) is 2. The van der Waals surface area contributed by atoms with Crippen molar-refractivity contribution in [3.63, 3.8) is 0 Å². The average molecular weight is 437 g/mol. The van der Waals surface area contributed by atoms with Crippen LogP contribution in [0, 0.1) is 23.7 Å². The van der Waals surface area contributed by atoms with Gasteiger partial charge in [0.15, 0.2) is 0 Å². The summed E-state index contributed by atoms with van der Waals surface area (Å²) in [6.45, 7) is 6.70. The Hall–Kier alpha value is -3.02. The molecule has 0 unspecified atom stereocenters. The van der Waals surface area contributed by atoms with Crippen LogP contribution in [0.25, 0.3) is 10.4 Å². The fraction of sp³-hybridized carbons (Fsp3) is 0.391. The lowest BCUT2D eigenvalue weighted by molar-refractivity contribution is -0.0511. The fourth-order valence-corrected chi connectivity index (χ4v) is 4.40. The molecule has 0 amide bonds. The highest BCUT2D eigenvalue weighted by Crippen LogP contribution is 2.42. The lowest BCUT2D eigenvalue weighted by Gasteiger charge is -2.49. The number of anilines is 2. The molecule has 7 nitrogen and oxygen atoms in total. The quantitative estimate of drug-likeness (QED) is 0.508. The SMILES string of the molecule is Cc1ncc(-c2ccc(CCNc3ncc(C#N)c(N[C@@H]4C[C@H](O)C4(C)C)n3)cc2)s1.[HH]. The van der Waals surface area contributed by atoms with Crippen LogP contribution in [0.15, 0.2) is 36.7 Å². The van der Waals surface area contributed by atoms with Crippen LogP contribution in [-0.4, -0.2) is 38.7 Å². The normalized spacial score (nSPS) is 19.3. The monoisotopic (exact) mass is 436 g/mol. The Morgan fingerprint density at radius 1 is 1.26 bits per heavy atom. The Balaban J connectivity index is 0.00000289. The van der Waals surface area contributed by atoms with E-state index in [9.17, 15) is 10.4 Å². The molecule has 0 saturated heterocycles. The molecule has 162 valence electrons. The number of rotatable bonds is 7. The number of nitriles is 1. The summed E-state index contributed by atoms with van der Waals surface area (Å²) in [7, 11) is 0. The highest BCUT2D eigenvalue weighted by Gasteiger charge is 2.47. The Labute approximate surface area is 187 Å². The molecule has 0 spiro atoms. The van der Waals surface area contributed by atoms with Crippen LogP contribution in [0.5, 0.6) is 0 Å². The third-order valence-corrected chi connectivity index (χ3v) is 6.95. The van der Waals surface area contributed by atoms with Crippen LogP contribution in [0.2, 0.25) is 0 Å². The standard InChI is InChI=1S/C23H26N6OS.H2/c1-14-26-13-18(31-14)16-6-4-15(5-7-16)8-9-25-22-27-12-17(11-24)21(29-22)28-19-10-20(30)23(19,2)3;/h4-7,12-13,19-20,30H,8-10H2,1-3H3,(H2,25,27,28,29);1H/t19-,20+;/m1./s1. The number of thiazole rings is 1. The summed E-state index contributed by atoms with van der Waals surface area (Å²) in [5.41, 5.74) is 2.54. The van der Waals surface area contributed by atoms with Crippen LogP contribution < -0.4 is 10.6 Å². The van der Waals surface area contributed by atoms with E-state index in [1.807, 2.05) is 27.0 Å². The molecule has 1 aliphatic rings. The first-order chi connectivity index (χ1) is 14.9. The first-order valence-corrected chi connectivity index (χ1v) is 11.2. The van der Waals surface area contributed by atoms with Crippen molar-refractivity contribution in [2.75, 3.05) is 17.2 Å². The summed E-state index contributed by atoms with van der Waals surface area (Å²) in [4.78, 5) is 14.3. The minimum Gasteiger partial charge on any atom is -0.392 e. The molecule has 0 aliphatic heterocycles. The molecule has 1 aromatic carbocycles. The minimum atomic E-state index is -0.346. The molecule has 0 bridgehead atoms. The van der Waals surface area contributed by atoms with Gasteiger partial charge in [-0.25, -0.2) is 9.97 Å². The molecule has 3 N–H and O–H groups in total. The number of hydrogen-bond acceptors (Lipinski definition) is 8. The Morgan fingerprint density at radius 2 is 2.03 bits per heavy atom. The Morgan fingerprint density at radius 3 is 2.65 bits per heavy atom. The lowest BCUT2D eigenvalue weighted by atomic mass is 9.64. The number of aryl methyl sites for hydroxylation is 1. The van der Waals surface area contributed by atoms with E-state index < -0.39 is 0 Å². The smallest absolute Gasteiger partial charge is 0.224 e. The van der Waals surface area contributed by atoms with E-state index in [0.717, 1.165) is 11.4 Å². The zero-order chi connectivity index (χ0) is 22.0. The van der Waals surface area contributed by atoms with Gasteiger partial charge < -0.3 is 15.7 Å². The highest BCUT2D eigenvalue weighted by atomic mass is 32.1. The predicted octanol–water partition coefficient (Wildman–Crippen LogP) is 4.25. The van der Waals surface area contributed by atoms with Crippen LogP contribution in [0.4, 0.5) is 11.8 Å². The van der Waals surface area contributed by atoms with E-state index in [1.165, 1.54) is 22.2 Å². The van der Waals surface area contributed by atoms with E-state index in [4.69, 9.17) is 0 Å². The van der Waals surface area contributed by atoms with Crippen molar-refractivity contribution in [2.24, 2.45) is 5.41 Å². The molecule has 1 saturated carbocycles. The fourth-order valence-electron chi connectivity index (χ4n) is 3.62. The number of benzene rings is 1. The van der Waals surface area contributed by atoms with Crippen LogP contribution >= 0.6 is 11.3 Å². The van der Waals surface area contributed by atoms with Crippen molar-refractivity contribution in [3.8, 4) is 16.5 Å². The highest BCUT2D eigenvalue weighted by molar-refractivity contribution is 7.15. The van der Waals surface area contributed by atoms with Crippen molar-refractivity contribution in [2.45, 2.75) is 45.8 Å². The maximum Gasteiger partial charge on any atom is 0.224 e. The number of aromatic nitrogens is 3. The molecule has 4 rings (SSSR count). The molecule has 8 heteroatoms. The molecule has 1 fully saturated rings. The summed E-state index contributed by atoms with van der Waals surface area (Å²) in [6.07, 6.45) is 4.57. The van der Waals surface area contributed by atoms with Gasteiger partial charge in [-0.1, -0.05) is 38.1 Å². The number of nitrogens with zero attached hydrogens (tertiary/aromatic N) is 4. The first-order valence-electron chi connectivity index (χ1n) is 10.3. The molecule has 3 aromatic rings. The number of aliphatic hydroxyl groups is 1. The maximum absolute atomic E-state index is 9.96. The second kappa shape index (κ2) is 8.61. The molecule has 31 heavy (non-hydrogen) atoms. The third kappa shape index (κ3) is 4.53. The van der Waals surface area contributed by atoms with Crippen molar-refractivity contribution in [3.05, 3.63) is 52.8 Å². The number of hydrogen-bond donors (Lipinski definition) is 3. The van der Waals surface area contributed by atoms with Crippen molar-refractivity contribution < 1.29 is 6.53 Å². The first kappa shape index (κ1) is 21.2. The Kier molecular flexibility index (Phi) is 5.90. The van der Waals surface area contributed by atoms with E-state index in [1.54, 1.807) is 11.3 Å². The molecular weight excluding hydrogens is 408 g/mol. The molecule has 1 aliphatic carbocycles. The zero-order valence-corrected chi connectivity index (χ0v) is 18.7. The van der Waals surface area contributed by atoms with Gasteiger partial charge >= 0.3 is 0 Å². The molecule has 2 atom stereocenters. The van der Waals surface area contributed by atoms with E-state index in [2.05, 4.69) is 55.9 Å². The summed E-state index contributed by atoms with van der Waals surface area (Å²) >= 11 is 1.69. The summed E-state index contributed by atoms with van der Waals surface area (Å²) in [5.74, 6) is 0.991. The summed E-state index contributed by atoms with van der Waals surface area (Å²) < 4.78 is 0. The predicted molar refractivity (Wildman–Crippen MR) is 125 cm³/mol. The number of aliphatic hydroxyl groups excluding tert-OH is 1. The van der Waals surface area contributed by atoms with Crippen molar-refractivity contribution in [1.29, 1.82) is 5.26 Å². The van der Waals surface area contributed by atoms with Gasteiger partial charge in [0, 0.05) is 25.6 Å². The van der Waals surface area contributed by atoms with Gasteiger partial charge in [0.1, 0.15) is 17.5 Å². The van der Waals surface area contributed by atoms with Gasteiger partial charge in [0.25, 0.3) is 0 Å². The van der Waals surface area contributed by atoms with E-state index in [0.29, 0.717) is 30.3 Å². The van der Waals surface area contributed by atoms with E-state index >= 15 is 0 Å². The van der Waals surface area contributed by atoms with Crippen molar-refractivity contribution in [1.82, 2.24) is 15.0 Å². The van der Waals surface area contributed by atoms with E-state index in [-0.39, 0.29) is 19.0 Å². The van der Waals surface area contributed by atoms with Crippen LogP contribution in [0.3, 0.4) is 0 Å². The molecule has 0 radical (unpaired) electrons. The van der Waals surface area contributed by atoms with Crippen LogP contribution in [-0.2, 0) is 6.42 Å². The van der Waals surface area contributed by atoms with Gasteiger partial charge in [0.05, 0.1) is 22.2 Å². The lowest BCUT2D eigenvalue weighted by Crippen LogP contribution is -2.57. The second-order valence-corrected chi connectivity index (χ2v) is 9.69. The third-order valence-electron chi connectivity index (χ3n) is 5.99. The van der Waals surface area contributed by atoms with Gasteiger partial charge in [-0.2, -0.15) is 10.2 Å². The van der Waals surface area contributed by atoms with Gasteiger partial charge in [-0.05, 0) is 30.9 Å². The minimum absolute atomic E-state index is 0. The van der Waals surface area contributed by atoms with Gasteiger partial charge in [-0.15, -0.1) is 11.3 Å². The average Bonchev–Trinajstić information content (AvgIpc) is 3.20. The largest absolute Gasteiger partial charge is 0.392 e. The summed E-state index contributed by atoms with van der Waals surface area (Å²) in [5, 5.41) is 27.0. The van der Waals surface area contributed by atoms with Gasteiger partial charge in [0.2, 0.25) is 5.95 Å².